The first-order chi connectivity index (χ1) is 10.9. The lowest BCUT2D eigenvalue weighted by Crippen LogP contribution is -2.32. The molecule has 4 heterocycles. The first kappa shape index (κ1) is 13.3. The lowest BCUT2D eigenvalue weighted by molar-refractivity contribution is 0.255. The van der Waals surface area contributed by atoms with Crippen LogP contribution in [0.4, 0.5) is 0 Å². The van der Waals surface area contributed by atoms with Crippen molar-refractivity contribution in [3.63, 3.8) is 0 Å². The highest BCUT2D eigenvalue weighted by Gasteiger charge is 2.18. The van der Waals surface area contributed by atoms with Crippen LogP contribution in [-0.4, -0.2) is 32.9 Å². The second kappa shape index (κ2) is 5.81. The molecule has 0 atom stereocenters. The highest BCUT2D eigenvalue weighted by Crippen LogP contribution is 2.21. The van der Waals surface area contributed by atoms with E-state index < -0.39 is 0 Å². The van der Waals surface area contributed by atoms with E-state index >= 15 is 0 Å². The zero-order valence-electron chi connectivity index (χ0n) is 12.4. The zero-order chi connectivity index (χ0) is 14.8. The van der Waals surface area contributed by atoms with E-state index in [0.717, 1.165) is 49.2 Å². The predicted octanol–water partition coefficient (Wildman–Crippen LogP) is 2.63. The molecule has 110 valence electrons. The van der Waals surface area contributed by atoms with E-state index in [-0.39, 0.29) is 0 Å². The standard InChI is InChI=1S/C18H18N4/c1-2-8-19-15(4-1)6-10-22-11-7-16-14(13-22)12-18-17(21-16)5-3-9-20-18/h1-5,8-9,12H,6-7,10-11,13H2. The molecular weight excluding hydrogens is 272 g/mol. The Kier molecular flexibility index (Phi) is 3.52. The van der Waals surface area contributed by atoms with Gasteiger partial charge in [0.25, 0.3) is 0 Å². The van der Waals surface area contributed by atoms with Crippen LogP contribution in [0.5, 0.6) is 0 Å². The molecule has 0 bridgehead atoms. The van der Waals surface area contributed by atoms with Crippen LogP contribution in [0.15, 0.2) is 48.8 Å². The smallest absolute Gasteiger partial charge is 0.0890 e. The average Bonchev–Trinajstić information content (AvgIpc) is 2.59. The normalized spacial score (nSPS) is 14.9. The molecule has 0 saturated carbocycles. The first-order valence-corrected chi connectivity index (χ1v) is 7.74. The summed E-state index contributed by atoms with van der Waals surface area (Å²) in [7, 11) is 0. The van der Waals surface area contributed by atoms with Gasteiger partial charge in [-0.3, -0.25) is 19.9 Å². The number of pyridine rings is 3. The number of rotatable bonds is 3. The maximum atomic E-state index is 4.77. The maximum Gasteiger partial charge on any atom is 0.0890 e. The molecule has 0 saturated heterocycles. The van der Waals surface area contributed by atoms with Crippen LogP contribution in [0.3, 0.4) is 0 Å². The molecule has 3 aromatic heterocycles. The minimum absolute atomic E-state index is 0.960. The Morgan fingerprint density at radius 3 is 2.86 bits per heavy atom. The molecule has 3 aromatic rings. The molecule has 0 fully saturated rings. The summed E-state index contributed by atoms with van der Waals surface area (Å²) in [6, 6.07) is 12.3. The highest BCUT2D eigenvalue weighted by atomic mass is 15.1. The van der Waals surface area contributed by atoms with Crippen LogP contribution in [0.1, 0.15) is 17.0 Å². The van der Waals surface area contributed by atoms with Gasteiger partial charge in [-0.15, -0.1) is 0 Å². The summed E-state index contributed by atoms with van der Waals surface area (Å²) in [5.41, 5.74) is 5.70. The zero-order valence-corrected chi connectivity index (χ0v) is 12.4. The number of hydrogen-bond acceptors (Lipinski definition) is 4. The monoisotopic (exact) mass is 290 g/mol. The summed E-state index contributed by atoms with van der Waals surface area (Å²) in [5.74, 6) is 0. The van der Waals surface area contributed by atoms with Crippen LogP contribution in [0.25, 0.3) is 11.0 Å². The largest absolute Gasteiger partial charge is 0.298 e. The van der Waals surface area contributed by atoms with Crippen molar-refractivity contribution in [2.24, 2.45) is 0 Å². The lowest BCUT2D eigenvalue weighted by Gasteiger charge is -2.28. The van der Waals surface area contributed by atoms with Gasteiger partial charge in [-0.1, -0.05) is 6.07 Å². The second-order valence-electron chi connectivity index (χ2n) is 5.73. The van der Waals surface area contributed by atoms with Gasteiger partial charge in [0, 0.05) is 56.3 Å². The summed E-state index contributed by atoms with van der Waals surface area (Å²) >= 11 is 0. The van der Waals surface area contributed by atoms with Crippen molar-refractivity contribution in [1.29, 1.82) is 0 Å². The van der Waals surface area contributed by atoms with Crippen molar-refractivity contribution in [2.75, 3.05) is 13.1 Å². The van der Waals surface area contributed by atoms with Crippen molar-refractivity contribution in [3.8, 4) is 0 Å². The number of nitrogens with zero attached hydrogens (tertiary/aromatic N) is 4. The van der Waals surface area contributed by atoms with E-state index in [9.17, 15) is 0 Å². The number of hydrogen-bond donors (Lipinski definition) is 0. The molecule has 4 heteroatoms. The number of aromatic nitrogens is 3. The van der Waals surface area contributed by atoms with E-state index in [1.807, 2.05) is 30.6 Å². The molecule has 22 heavy (non-hydrogen) atoms. The van der Waals surface area contributed by atoms with Crippen LogP contribution in [0, 0.1) is 0 Å². The number of fused-ring (bicyclic) bond motifs is 2. The second-order valence-corrected chi connectivity index (χ2v) is 5.73. The molecule has 0 aliphatic carbocycles. The van der Waals surface area contributed by atoms with E-state index in [1.54, 1.807) is 0 Å². The van der Waals surface area contributed by atoms with Gasteiger partial charge in [0.1, 0.15) is 0 Å². The van der Waals surface area contributed by atoms with Gasteiger partial charge in [0.2, 0.25) is 0 Å². The molecule has 0 unspecified atom stereocenters. The van der Waals surface area contributed by atoms with Crippen molar-refractivity contribution in [3.05, 3.63) is 65.7 Å². The Labute approximate surface area is 129 Å². The van der Waals surface area contributed by atoms with Crippen LogP contribution >= 0.6 is 0 Å². The first-order valence-electron chi connectivity index (χ1n) is 7.74. The fourth-order valence-corrected chi connectivity index (χ4v) is 3.03. The third-order valence-electron chi connectivity index (χ3n) is 4.22. The third kappa shape index (κ3) is 2.70. The summed E-state index contributed by atoms with van der Waals surface area (Å²) < 4.78 is 0. The van der Waals surface area contributed by atoms with Crippen molar-refractivity contribution in [1.82, 2.24) is 19.9 Å². The Balaban J connectivity index is 1.50. The van der Waals surface area contributed by atoms with Gasteiger partial charge < -0.3 is 0 Å². The molecule has 4 nitrogen and oxygen atoms in total. The lowest BCUT2D eigenvalue weighted by atomic mass is 10.0. The molecule has 0 radical (unpaired) electrons. The van der Waals surface area contributed by atoms with Gasteiger partial charge in [-0.2, -0.15) is 0 Å². The predicted molar refractivity (Wildman–Crippen MR) is 86.5 cm³/mol. The quantitative estimate of drug-likeness (QED) is 0.743. The van der Waals surface area contributed by atoms with Gasteiger partial charge >= 0.3 is 0 Å². The van der Waals surface area contributed by atoms with Crippen molar-refractivity contribution in [2.45, 2.75) is 19.4 Å². The van der Waals surface area contributed by atoms with E-state index in [2.05, 4.69) is 33.1 Å². The molecule has 0 amide bonds. The van der Waals surface area contributed by atoms with E-state index in [1.165, 1.54) is 11.3 Å². The molecule has 0 aromatic carbocycles. The Hall–Kier alpha value is -2.33. The molecule has 4 rings (SSSR count). The fraction of sp³-hybridized carbons (Fsp3) is 0.278. The molecule has 1 aliphatic heterocycles. The Bertz CT molecular complexity index is 785. The Morgan fingerprint density at radius 1 is 1.00 bits per heavy atom. The summed E-state index contributed by atoms with van der Waals surface area (Å²) in [4.78, 5) is 16.1. The molecule has 0 N–H and O–H groups in total. The van der Waals surface area contributed by atoms with Crippen LogP contribution < -0.4 is 0 Å². The average molecular weight is 290 g/mol. The summed E-state index contributed by atoms with van der Waals surface area (Å²) in [6.45, 7) is 3.07. The van der Waals surface area contributed by atoms with Gasteiger partial charge in [-0.25, -0.2) is 0 Å². The van der Waals surface area contributed by atoms with Crippen LogP contribution in [-0.2, 0) is 19.4 Å². The van der Waals surface area contributed by atoms with E-state index in [0.29, 0.717) is 0 Å². The SMILES string of the molecule is c1ccc(CCN2CCc3nc4cccnc4cc3C2)nc1. The van der Waals surface area contributed by atoms with Gasteiger partial charge in [-0.05, 0) is 35.9 Å². The Morgan fingerprint density at radius 2 is 1.95 bits per heavy atom. The highest BCUT2D eigenvalue weighted by molar-refractivity contribution is 5.74. The summed E-state index contributed by atoms with van der Waals surface area (Å²) in [5, 5.41) is 0. The molecule has 0 spiro atoms. The fourth-order valence-electron chi connectivity index (χ4n) is 3.03. The topological polar surface area (TPSA) is 41.9 Å². The summed E-state index contributed by atoms with van der Waals surface area (Å²) in [6.07, 6.45) is 5.71. The third-order valence-corrected chi connectivity index (χ3v) is 4.22. The van der Waals surface area contributed by atoms with Gasteiger partial charge in [0.15, 0.2) is 0 Å². The minimum atomic E-state index is 0.960. The molecular formula is C18H18N4. The van der Waals surface area contributed by atoms with Gasteiger partial charge in [0.05, 0.1) is 11.0 Å². The van der Waals surface area contributed by atoms with E-state index in [4.69, 9.17) is 4.98 Å². The minimum Gasteiger partial charge on any atom is -0.298 e. The van der Waals surface area contributed by atoms with Crippen molar-refractivity contribution >= 4 is 11.0 Å². The van der Waals surface area contributed by atoms with Crippen molar-refractivity contribution < 1.29 is 0 Å². The maximum absolute atomic E-state index is 4.77. The molecule has 1 aliphatic rings. The van der Waals surface area contributed by atoms with Crippen LogP contribution in [0.2, 0.25) is 0 Å².